The van der Waals surface area contributed by atoms with Crippen LogP contribution in [0.3, 0.4) is 0 Å². The minimum atomic E-state index is -0.680. The molecule has 0 aromatic rings. The number of carbonyl (C=O) groups is 2. The molecule has 0 spiro atoms. The predicted molar refractivity (Wildman–Crippen MR) is 68.3 cm³/mol. The molecule has 1 aliphatic rings. The van der Waals surface area contributed by atoms with Gasteiger partial charge in [-0.25, -0.2) is 4.79 Å². The average Bonchev–Trinajstić information content (AvgIpc) is 2.58. The van der Waals surface area contributed by atoms with Crippen molar-refractivity contribution in [2.24, 2.45) is 0 Å². The maximum absolute atomic E-state index is 11.9. The largest absolute Gasteiger partial charge is 0.456 e. The predicted octanol–water partition coefficient (Wildman–Crippen LogP) is 1.66. The van der Waals surface area contributed by atoms with Gasteiger partial charge in [0, 0.05) is 6.54 Å². The summed E-state index contributed by atoms with van der Waals surface area (Å²) in [7, 11) is 0. The molecule has 0 saturated carbocycles. The van der Waals surface area contributed by atoms with Crippen LogP contribution in [0.1, 0.15) is 27.7 Å². The molecule has 0 bridgehead atoms. The molecule has 1 heterocycles. The molecular weight excluding hydrogens is 252 g/mol. The summed E-state index contributed by atoms with van der Waals surface area (Å²) in [6, 6.07) is 1.84. The summed E-state index contributed by atoms with van der Waals surface area (Å²) in [5, 5.41) is 9.50. The number of thioether (sulfide) groups is 1. The number of nitriles is 1. The normalized spacial score (nSPS) is 18.6. The van der Waals surface area contributed by atoms with Crippen LogP contribution < -0.4 is 0 Å². The van der Waals surface area contributed by atoms with Crippen molar-refractivity contribution in [2.75, 3.05) is 12.3 Å². The molecule has 0 aromatic carbocycles. The van der Waals surface area contributed by atoms with Crippen molar-refractivity contribution in [1.82, 2.24) is 4.90 Å². The van der Waals surface area contributed by atoms with Crippen molar-refractivity contribution >= 4 is 23.6 Å². The van der Waals surface area contributed by atoms with Gasteiger partial charge in [0.2, 0.25) is 5.91 Å². The lowest BCUT2D eigenvalue weighted by Gasteiger charge is -2.21. The Hall–Kier alpha value is -1.48. The number of nitrogens with zero attached hydrogens (tertiary/aromatic N) is 2. The van der Waals surface area contributed by atoms with Gasteiger partial charge in [-0.15, -0.1) is 0 Å². The third-order valence-electron chi connectivity index (χ3n) is 2.12. The van der Waals surface area contributed by atoms with Gasteiger partial charge < -0.3 is 9.64 Å². The van der Waals surface area contributed by atoms with E-state index >= 15 is 0 Å². The SMILES string of the molecule is CCN1C(=O)CSC1=C(C#N)C(=O)OC(C)(C)C. The first-order valence-corrected chi connectivity index (χ1v) is 6.59. The summed E-state index contributed by atoms with van der Waals surface area (Å²) >= 11 is 1.20. The molecule has 1 saturated heterocycles. The Morgan fingerprint density at radius 2 is 2.17 bits per heavy atom. The van der Waals surface area contributed by atoms with Crippen LogP contribution in [0.15, 0.2) is 10.6 Å². The standard InChI is InChI=1S/C12H16N2O3S/c1-5-14-9(15)7-18-10(14)8(6-13)11(16)17-12(2,3)4/h5,7H2,1-4H3. The highest BCUT2D eigenvalue weighted by atomic mass is 32.2. The number of amides is 1. The Morgan fingerprint density at radius 3 is 2.61 bits per heavy atom. The lowest BCUT2D eigenvalue weighted by molar-refractivity contribution is -0.149. The van der Waals surface area contributed by atoms with Gasteiger partial charge in [-0.05, 0) is 27.7 Å². The van der Waals surface area contributed by atoms with Gasteiger partial charge in [0.05, 0.1) is 5.75 Å². The third-order valence-corrected chi connectivity index (χ3v) is 3.21. The highest BCUT2D eigenvalue weighted by molar-refractivity contribution is 8.04. The highest BCUT2D eigenvalue weighted by Crippen LogP contribution is 2.32. The molecule has 98 valence electrons. The first-order valence-electron chi connectivity index (χ1n) is 5.61. The van der Waals surface area contributed by atoms with Crippen LogP contribution in [0.25, 0.3) is 0 Å². The number of rotatable bonds is 2. The number of hydrogen-bond donors (Lipinski definition) is 0. The van der Waals surface area contributed by atoms with Gasteiger partial charge in [-0.2, -0.15) is 5.26 Å². The Kier molecular flexibility index (Phi) is 4.41. The summed E-state index contributed by atoms with van der Waals surface area (Å²) < 4.78 is 5.16. The smallest absolute Gasteiger partial charge is 0.352 e. The molecule has 0 radical (unpaired) electrons. The van der Waals surface area contributed by atoms with Gasteiger partial charge in [0.1, 0.15) is 16.7 Å². The molecule has 1 rings (SSSR count). The van der Waals surface area contributed by atoms with Gasteiger partial charge in [0.25, 0.3) is 0 Å². The Bertz CT molecular complexity index is 443. The minimum absolute atomic E-state index is 0.0891. The summed E-state index contributed by atoms with van der Waals surface area (Å²) in [6.07, 6.45) is 0. The van der Waals surface area contributed by atoms with E-state index in [1.165, 1.54) is 16.7 Å². The lowest BCUT2D eigenvalue weighted by atomic mass is 10.2. The quantitative estimate of drug-likeness (QED) is 0.433. The lowest BCUT2D eigenvalue weighted by Crippen LogP contribution is -2.28. The van der Waals surface area contributed by atoms with Crippen molar-refractivity contribution in [3.8, 4) is 6.07 Å². The Morgan fingerprint density at radius 1 is 1.56 bits per heavy atom. The van der Waals surface area contributed by atoms with Crippen molar-refractivity contribution in [3.05, 3.63) is 10.6 Å². The summed E-state index contributed by atoms with van der Waals surface area (Å²) in [4.78, 5) is 24.9. The van der Waals surface area contributed by atoms with Gasteiger partial charge >= 0.3 is 5.97 Å². The molecule has 0 N–H and O–H groups in total. The fourth-order valence-corrected chi connectivity index (χ4v) is 2.51. The van der Waals surface area contributed by atoms with Crippen LogP contribution in [-0.2, 0) is 14.3 Å². The number of ether oxygens (including phenoxy) is 1. The summed E-state index contributed by atoms with van der Waals surface area (Å²) in [6.45, 7) is 7.43. The van der Waals surface area contributed by atoms with Crippen LogP contribution in [0, 0.1) is 11.3 Å². The van der Waals surface area contributed by atoms with E-state index in [2.05, 4.69) is 0 Å². The first-order chi connectivity index (χ1) is 8.30. The van der Waals surface area contributed by atoms with E-state index in [1.807, 2.05) is 6.07 Å². The summed E-state index contributed by atoms with van der Waals surface area (Å²) in [5.41, 5.74) is -0.757. The molecule has 0 aliphatic carbocycles. The summed E-state index contributed by atoms with van der Waals surface area (Å²) in [5.74, 6) is -0.508. The molecule has 1 aliphatic heterocycles. The van der Waals surface area contributed by atoms with Crippen molar-refractivity contribution in [3.63, 3.8) is 0 Å². The molecule has 0 aromatic heterocycles. The first kappa shape index (κ1) is 14.6. The fraction of sp³-hybridized carbons (Fsp3) is 0.583. The van der Waals surface area contributed by atoms with Crippen LogP contribution in [0.2, 0.25) is 0 Å². The van der Waals surface area contributed by atoms with Crippen LogP contribution in [0.4, 0.5) is 0 Å². The van der Waals surface area contributed by atoms with Crippen LogP contribution in [0.5, 0.6) is 0 Å². The van der Waals surface area contributed by atoms with E-state index in [9.17, 15) is 9.59 Å². The molecule has 0 unspecified atom stereocenters. The number of carbonyl (C=O) groups excluding carboxylic acids is 2. The molecule has 1 fully saturated rings. The van der Waals surface area contributed by atoms with E-state index < -0.39 is 11.6 Å². The third kappa shape index (κ3) is 3.26. The van der Waals surface area contributed by atoms with E-state index in [0.29, 0.717) is 11.6 Å². The second-order valence-corrected chi connectivity index (χ2v) is 5.68. The molecule has 6 heteroatoms. The van der Waals surface area contributed by atoms with Crippen molar-refractivity contribution in [2.45, 2.75) is 33.3 Å². The molecule has 1 amide bonds. The van der Waals surface area contributed by atoms with Crippen LogP contribution >= 0.6 is 11.8 Å². The highest BCUT2D eigenvalue weighted by Gasteiger charge is 2.32. The van der Waals surface area contributed by atoms with E-state index in [4.69, 9.17) is 10.00 Å². The van der Waals surface area contributed by atoms with Gasteiger partial charge in [0.15, 0.2) is 5.57 Å². The zero-order chi connectivity index (χ0) is 13.9. The molecule has 0 atom stereocenters. The van der Waals surface area contributed by atoms with E-state index in [1.54, 1.807) is 27.7 Å². The minimum Gasteiger partial charge on any atom is -0.456 e. The van der Waals surface area contributed by atoms with E-state index in [0.717, 1.165) is 0 Å². The second kappa shape index (κ2) is 5.44. The average molecular weight is 268 g/mol. The number of hydrogen-bond acceptors (Lipinski definition) is 5. The maximum atomic E-state index is 11.9. The molecule has 5 nitrogen and oxygen atoms in total. The van der Waals surface area contributed by atoms with Gasteiger partial charge in [-0.1, -0.05) is 11.8 Å². The Balaban J connectivity index is 3.06. The number of esters is 1. The zero-order valence-corrected chi connectivity index (χ0v) is 11.8. The topological polar surface area (TPSA) is 70.4 Å². The zero-order valence-electron chi connectivity index (χ0n) is 10.9. The fourth-order valence-electron chi connectivity index (χ4n) is 1.44. The van der Waals surface area contributed by atoms with Crippen molar-refractivity contribution < 1.29 is 14.3 Å². The van der Waals surface area contributed by atoms with Gasteiger partial charge in [-0.3, -0.25) is 4.79 Å². The van der Waals surface area contributed by atoms with Crippen molar-refractivity contribution in [1.29, 1.82) is 5.26 Å². The Labute approximate surface area is 111 Å². The monoisotopic (exact) mass is 268 g/mol. The molecule has 18 heavy (non-hydrogen) atoms. The molecular formula is C12H16N2O3S. The van der Waals surface area contributed by atoms with Crippen LogP contribution in [-0.4, -0.2) is 34.7 Å². The second-order valence-electron chi connectivity index (χ2n) is 4.72. The maximum Gasteiger partial charge on any atom is 0.352 e. The van der Waals surface area contributed by atoms with E-state index in [-0.39, 0.29) is 17.2 Å².